The molecule has 1 aromatic heterocycles. The highest BCUT2D eigenvalue weighted by Gasteiger charge is 2.42. The maximum Gasteiger partial charge on any atom is 0.193 e. The number of hydrogen-bond acceptors (Lipinski definition) is 4. The Morgan fingerprint density at radius 2 is 2.00 bits per heavy atom. The van der Waals surface area contributed by atoms with E-state index in [0.29, 0.717) is 0 Å². The first-order valence-corrected chi connectivity index (χ1v) is 10.3. The number of fused-ring (bicyclic) bond motifs is 2. The predicted octanol–water partition coefficient (Wildman–Crippen LogP) is 2.22. The Kier molecular flexibility index (Phi) is 5.20. The van der Waals surface area contributed by atoms with E-state index >= 15 is 0 Å². The normalized spacial score (nSPS) is 29.6. The van der Waals surface area contributed by atoms with Crippen molar-refractivity contribution >= 4 is 5.96 Å². The summed E-state index contributed by atoms with van der Waals surface area (Å²) in [5.41, 5.74) is 2.22. The van der Waals surface area contributed by atoms with Crippen molar-refractivity contribution in [2.24, 2.45) is 16.8 Å². The molecule has 2 heterocycles. The maximum atomic E-state index is 5.25. The third kappa shape index (κ3) is 3.48. The average molecular weight is 360 g/mol. The quantitative estimate of drug-likeness (QED) is 0.660. The number of aliphatic imine (C=N–C) groups is 1. The van der Waals surface area contributed by atoms with Gasteiger partial charge < -0.3 is 14.7 Å². The summed E-state index contributed by atoms with van der Waals surface area (Å²) in [6.45, 7) is 9.38. The zero-order valence-corrected chi connectivity index (χ0v) is 16.5. The van der Waals surface area contributed by atoms with Crippen LogP contribution in [0.1, 0.15) is 42.7 Å². The van der Waals surface area contributed by atoms with Gasteiger partial charge in [-0.05, 0) is 51.4 Å². The molecular formula is C20H33N5O. The van der Waals surface area contributed by atoms with E-state index in [0.717, 1.165) is 61.3 Å². The molecule has 6 heteroatoms. The number of aryl methyl sites for hydroxylation is 2. The summed E-state index contributed by atoms with van der Waals surface area (Å²) in [7, 11) is 1.89. The fourth-order valence-electron chi connectivity index (χ4n) is 5.41. The van der Waals surface area contributed by atoms with Crippen molar-refractivity contribution in [3.8, 4) is 0 Å². The Morgan fingerprint density at radius 3 is 2.58 bits per heavy atom. The van der Waals surface area contributed by atoms with Gasteiger partial charge in [-0.2, -0.15) is 0 Å². The van der Waals surface area contributed by atoms with Crippen molar-refractivity contribution in [2.45, 2.75) is 52.0 Å². The Bertz CT molecular complexity index is 627. The largest absolute Gasteiger partial charge is 0.361 e. The summed E-state index contributed by atoms with van der Waals surface area (Å²) in [5, 5.41) is 7.57. The lowest BCUT2D eigenvalue weighted by Gasteiger charge is -2.42. The molecule has 0 spiro atoms. The first-order chi connectivity index (χ1) is 12.7. The Balaban J connectivity index is 1.25. The molecule has 0 radical (unpaired) electrons. The second-order valence-corrected chi connectivity index (χ2v) is 8.29. The first-order valence-electron chi connectivity index (χ1n) is 10.3. The molecule has 2 saturated carbocycles. The minimum atomic E-state index is 0.863. The van der Waals surface area contributed by atoms with Gasteiger partial charge >= 0.3 is 0 Å². The highest BCUT2D eigenvalue weighted by atomic mass is 16.5. The van der Waals surface area contributed by atoms with E-state index < -0.39 is 0 Å². The molecule has 3 unspecified atom stereocenters. The third-order valence-electron chi connectivity index (χ3n) is 6.83. The van der Waals surface area contributed by atoms with E-state index in [-0.39, 0.29) is 0 Å². The lowest BCUT2D eigenvalue weighted by Crippen LogP contribution is -2.55. The van der Waals surface area contributed by atoms with Crippen molar-refractivity contribution in [3.05, 3.63) is 17.0 Å². The van der Waals surface area contributed by atoms with Crippen LogP contribution in [0.4, 0.5) is 0 Å². The summed E-state index contributed by atoms with van der Waals surface area (Å²) in [6.07, 6.45) is 6.83. The fourth-order valence-corrected chi connectivity index (χ4v) is 5.41. The van der Waals surface area contributed by atoms with E-state index in [1.165, 1.54) is 44.3 Å². The molecule has 2 bridgehead atoms. The highest BCUT2D eigenvalue weighted by molar-refractivity contribution is 5.80. The van der Waals surface area contributed by atoms with E-state index in [9.17, 15) is 0 Å². The zero-order chi connectivity index (χ0) is 18.1. The fraction of sp³-hybridized carbons (Fsp3) is 0.800. The molecule has 4 rings (SSSR count). The second kappa shape index (κ2) is 7.59. The molecule has 3 atom stereocenters. The van der Waals surface area contributed by atoms with Gasteiger partial charge in [0.15, 0.2) is 5.96 Å². The standard InChI is InChI=1S/C20H33N5O/c1-14-18(15(2)26-23-14)6-7-22-20(21-3)25-10-8-24(9-11-25)19-13-16-4-5-17(19)12-16/h16-17,19H,4-13H2,1-3H3,(H,21,22). The number of aromatic nitrogens is 1. The summed E-state index contributed by atoms with van der Waals surface area (Å²) in [5.74, 6) is 3.98. The monoisotopic (exact) mass is 359 g/mol. The lowest BCUT2D eigenvalue weighted by molar-refractivity contribution is 0.0959. The molecule has 0 aromatic carbocycles. The Hall–Kier alpha value is -1.56. The van der Waals surface area contributed by atoms with Gasteiger partial charge in [0.25, 0.3) is 0 Å². The highest BCUT2D eigenvalue weighted by Crippen LogP contribution is 2.46. The van der Waals surface area contributed by atoms with Crippen LogP contribution in [0.15, 0.2) is 9.52 Å². The Morgan fingerprint density at radius 1 is 1.19 bits per heavy atom. The van der Waals surface area contributed by atoms with Crippen molar-refractivity contribution in [1.29, 1.82) is 0 Å². The summed E-state index contributed by atoms with van der Waals surface area (Å²) >= 11 is 0. The van der Waals surface area contributed by atoms with Gasteiger partial charge in [-0.1, -0.05) is 11.6 Å². The van der Waals surface area contributed by atoms with E-state index in [1.807, 2.05) is 20.9 Å². The molecule has 26 heavy (non-hydrogen) atoms. The molecule has 3 aliphatic rings. The smallest absolute Gasteiger partial charge is 0.193 e. The van der Waals surface area contributed by atoms with Crippen molar-refractivity contribution < 1.29 is 4.52 Å². The van der Waals surface area contributed by atoms with Crippen molar-refractivity contribution in [2.75, 3.05) is 39.8 Å². The van der Waals surface area contributed by atoms with Gasteiger partial charge in [0.2, 0.25) is 0 Å². The molecule has 1 saturated heterocycles. The molecule has 144 valence electrons. The molecule has 1 N–H and O–H groups in total. The van der Waals surface area contributed by atoms with Crippen LogP contribution in [0.25, 0.3) is 0 Å². The molecule has 0 amide bonds. The minimum absolute atomic E-state index is 0.863. The van der Waals surface area contributed by atoms with Crippen LogP contribution in [0.3, 0.4) is 0 Å². The van der Waals surface area contributed by atoms with Gasteiger partial charge in [-0.15, -0.1) is 0 Å². The van der Waals surface area contributed by atoms with Gasteiger partial charge in [0.1, 0.15) is 5.76 Å². The third-order valence-corrected chi connectivity index (χ3v) is 6.83. The number of nitrogens with one attached hydrogen (secondary N) is 1. The zero-order valence-electron chi connectivity index (χ0n) is 16.5. The van der Waals surface area contributed by atoms with Gasteiger partial charge in [0.05, 0.1) is 5.69 Å². The van der Waals surface area contributed by atoms with Crippen LogP contribution >= 0.6 is 0 Å². The molecule has 2 aliphatic carbocycles. The SMILES string of the molecule is CN=C(NCCc1c(C)noc1C)N1CCN(C2CC3CCC2C3)CC1. The first kappa shape index (κ1) is 17.8. The number of piperazine rings is 1. The van der Waals surface area contributed by atoms with Gasteiger partial charge in [-0.3, -0.25) is 9.89 Å². The number of guanidine groups is 1. The second-order valence-electron chi connectivity index (χ2n) is 8.29. The molecule has 1 aliphatic heterocycles. The summed E-state index contributed by atoms with van der Waals surface area (Å²) in [4.78, 5) is 9.69. The van der Waals surface area contributed by atoms with Crippen LogP contribution < -0.4 is 5.32 Å². The van der Waals surface area contributed by atoms with Crippen molar-refractivity contribution in [3.63, 3.8) is 0 Å². The molecule has 1 aromatic rings. The molecule has 6 nitrogen and oxygen atoms in total. The minimum Gasteiger partial charge on any atom is -0.361 e. The molecular weight excluding hydrogens is 326 g/mol. The number of hydrogen-bond donors (Lipinski definition) is 1. The Labute approximate surface area is 157 Å². The summed E-state index contributed by atoms with van der Waals surface area (Å²) < 4.78 is 5.25. The van der Waals surface area contributed by atoms with Crippen LogP contribution in [0.5, 0.6) is 0 Å². The van der Waals surface area contributed by atoms with E-state index in [2.05, 4.69) is 25.3 Å². The number of nitrogens with zero attached hydrogens (tertiary/aromatic N) is 4. The van der Waals surface area contributed by atoms with Crippen LogP contribution in [-0.4, -0.2) is 66.7 Å². The average Bonchev–Trinajstić information content (AvgIpc) is 3.37. The molecule has 3 fully saturated rings. The van der Waals surface area contributed by atoms with Crippen molar-refractivity contribution in [1.82, 2.24) is 20.3 Å². The lowest BCUT2D eigenvalue weighted by atomic mass is 9.93. The van der Waals surface area contributed by atoms with Crippen LogP contribution in [0, 0.1) is 25.7 Å². The number of rotatable bonds is 4. The van der Waals surface area contributed by atoms with Gasteiger partial charge in [-0.25, -0.2) is 0 Å². The van der Waals surface area contributed by atoms with E-state index in [4.69, 9.17) is 4.52 Å². The van der Waals surface area contributed by atoms with Crippen LogP contribution in [0.2, 0.25) is 0 Å². The van der Waals surface area contributed by atoms with Crippen LogP contribution in [-0.2, 0) is 6.42 Å². The van der Waals surface area contributed by atoms with Gasteiger partial charge in [0, 0.05) is 51.4 Å². The maximum absolute atomic E-state index is 5.25. The predicted molar refractivity (Wildman–Crippen MR) is 103 cm³/mol. The summed E-state index contributed by atoms with van der Waals surface area (Å²) in [6, 6.07) is 0.866. The van der Waals surface area contributed by atoms with E-state index in [1.54, 1.807) is 0 Å². The topological polar surface area (TPSA) is 56.9 Å².